The minimum absolute atomic E-state index is 0.0575. The van der Waals surface area contributed by atoms with E-state index in [0.717, 1.165) is 37.0 Å². The minimum atomic E-state index is -3.96. The van der Waals surface area contributed by atoms with Crippen molar-refractivity contribution in [2.24, 2.45) is 22.4 Å². The maximum absolute atomic E-state index is 13.6. The molecule has 3 amide bonds. The van der Waals surface area contributed by atoms with Gasteiger partial charge in [0.25, 0.3) is 5.91 Å². The van der Waals surface area contributed by atoms with Gasteiger partial charge in [0, 0.05) is 20.1 Å². The van der Waals surface area contributed by atoms with E-state index in [1.54, 1.807) is 48.5 Å². The quantitative estimate of drug-likeness (QED) is 0.0639. The van der Waals surface area contributed by atoms with E-state index >= 15 is 0 Å². The Labute approximate surface area is 292 Å². The first-order valence-electron chi connectivity index (χ1n) is 16.7. The molecule has 1 saturated carbocycles. The van der Waals surface area contributed by atoms with Crippen molar-refractivity contribution in [3.63, 3.8) is 0 Å². The fraction of sp³-hybridized carbons (Fsp3) is 0.500. The Morgan fingerprint density at radius 3 is 2.40 bits per heavy atom. The van der Waals surface area contributed by atoms with Crippen molar-refractivity contribution in [2.75, 3.05) is 26.9 Å². The first kappa shape index (κ1) is 38.1. The summed E-state index contributed by atoms with van der Waals surface area (Å²) >= 11 is 0. The molecule has 15 nitrogen and oxygen atoms in total. The standard InChI is InChI=1S/C34H47N7O8S/c1-41(33(45)26(13-8-16-37-34(35)36)40-50(46,47)21-24-11-6-3-7-12-24)20-30(42)39-27(17-23-9-4-2-5-10-23)31(43)32(44)38-19-25-14-15-28-29(18-25)49-22-48-28/h3,6-7,11-12,14-15,18,23,26-27,40H,2,4-5,8-10,13,16-17,19-22H2,1H3,(H,38,44)(H,39,42)(H4,35,36,37)/t26-,27-/m0/s1. The Balaban J connectivity index is 1.40. The number of rotatable bonds is 18. The number of aliphatic imine (C=N–C) groups is 1. The lowest BCUT2D eigenvalue weighted by atomic mass is 9.84. The van der Waals surface area contributed by atoms with E-state index in [9.17, 15) is 27.6 Å². The Kier molecular flexibility index (Phi) is 14.0. The van der Waals surface area contributed by atoms with Crippen molar-refractivity contribution >= 4 is 39.5 Å². The number of ketones is 1. The van der Waals surface area contributed by atoms with E-state index in [-0.39, 0.29) is 56.8 Å². The summed E-state index contributed by atoms with van der Waals surface area (Å²) in [4.78, 5) is 58.3. The third kappa shape index (κ3) is 12.0. The zero-order valence-corrected chi connectivity index (χ0v) is 29.1. The van der Waals surface area contributed by atoms with Gasteiger partial charge in [-0.25, -0.2) is 13.1 Å². The smallest absolute Gasteiger partial charge is 0.289 e. The van der Waals surface area contributed by atoms with E-state index in [4.69, 9.17) is 20.9 Å². The van der Waals surface area contributed by atoms with Crippen molar-refractivity contribution in [2.45, 2.75) is 75.7 Å². The molecule has 1 heterocycles. The molecule has 2 aliphatic rings. The number of nitrogens with zero attached hydrogens (tertiary/aromatic N) is 2. The first-order valence-corrected chi connectivity index (χ1v) is 18.4. The summed E-state index contributed by atoms with van der Waals surface area (Å²) in [7, 11) is -2.60. The first-order chi connectivity index (χ1) is 23.9. The molecule has 0 unspecified atom stereocenters. The van der Waals surface area contributed by atoms with Crippen molar-refractivity contribution in [3.05, 3.63) is 59.7 Å². The van der Waals surface area contributed by atoms with Gasteiger partial charge in [0.2, 0.25) is 34.4 Å². The van der Waals surface area contributed by atoms with Crippen LogP contribution < -0.4 is 36.3 Å². The molecular weight excluding hydrogens is 666 g/mol. The van der Waals surface area contributed by atoms with Crippen LogP contribution in [-0.4, -0.2) is 81.8 Å². The maximum Gasteiger partial charge on any atom is 0.289 e. The van der Waals surface area contributed by atoms with Gasteiger partial charge in [-0.2, -0.15) is 0 Å². The monoisotopic (exact) mass is 713 g/mol. The number of hydrogen-bond acceptors (Lipinski definition) is 9. The molecule has 0 bridgehead atoms. The number of fused-ring (bicyclic) bond motifs is 1. The zero-order chi connectivity index (χ0) is 36.1. The van der Waals surface area contributed by atoms with Crippen LogP contribution in [0.2, 0.25) is 0 Å². The molecular formula is C34H47N7O8S. The Morgan fingerprint density at radius 2 is 1.68 bits per heavy atom. The van der Waals surface area contributed by atoms with Gasteiger partial charge in [-0.05, 0) is 48.4 Å². The molecule has 1 aliphatic heterocycles. The number of Topliss-reactive ketones (excluding diaryl/α,β-unsaturated/α-hetero) is 1. The number of carbonyl (C=O) groups is 4. The summed E-state index contributed by atoms with van der Waals surface area (Å²) in [6, 6.07) is 11.4. The molecule has 4 rings (SSSR count). The fourth-order valence-corrected chi connectivity index (χ4v) is 7.42. The molecule has 0 aromatic heterocycles. The number of carbonyl (C=O) groups excluding carboxylic acids is 4. The van der Waals surface area contributed by atoms with Crippen LogP contribution in [0.15, 0.2) is 53.5 Å². The average Bonchev–Trinajstić information content (AvgIpc) is 3.56. The molecule has 7 N–H and O–H groups in total. The maximum atomic E-state index is 13.6. The van der Waals surface area contributed by atoms with Crippen molar-refractivity contribution in [3.8, 4) is 11.5 Å². The summed E-state index contributed by atoms with van der Waals surface area (Å²) in [5.74, 6) is -2.15. The highest BCUT2D eigenvalue weighted by Gasteiger charge is 2.32. The summed E-state index contributed by atoms with van der Waals surface area (Å²) in [5, 5.41) is 5.32. The number of nitrogens with two attached hydrogens (primary N) is 2. The second-order valence-corrected chi connectivity index (χ2v) is 14.4. The van der Waals surface area contributed by atoms with E-state index in [1.807, 2.05) is 0 Å². The molecule has 1 aliphatic carbocycles. The lowest BCUT2D eigenvalue weighted by Crippen LogP contribution is -2.53. The molecule has 50 heavy (non-hydrogen) atoms. The Hall–Kier alpha value is -4.70. The third-order valence-electron chi connectivity index (χ3n) is 8.58. The van der Waals surface area contributed by atoms with Gasteiger partial charge in [0.05, 0.1) is 18.3 Å². The molecule has 0 spiro atoms. The van der Waals surface area contributed by atoms with Crippen LogP contribution in [0.3, 0.4) is 0 Å². The topological polar surface area (TPSA) is 225 Å². The van der Waals surface area contributed by atoms with Crippen molar-refractivity contribution in [1.82, 2.24) is 20.3 Å². The van der Waals surface area contributed by atoms with Crippen molar-refractivity contribution < 1.29 is 37.1 Å². The van der Waals surface area contributed by atoms with Gasteiger partial charge in [-0.1, -0.05) is 68.5 Å². The predicted octanol–water partition coefficient (Wildman–Crippen LogP) is 1.06. The Bertz CT molecular complexity index is 1630. The Morgan fingerprint density at radius 1 is 0.960 bits per heavy atom. The van der Waals surface area contributed by atoms with Gasteiger partial charge >= 0.3 is 0 Å². The molecule has 272 valence electrons. The molecule has 2 atom stereocenters. The van der Waals surface area contributed by atoms with Crippen LogP contribution in [0.1, 0.15) is 62.5 Å². The lowest BCUT2D eigenvalue weighted by molar-refractivity contribution is -0.141. The van der Waals surface area contributed by atoms with Gasteiger partial charge in [0.15, 0.2) is 17.5 Å². The van der Waals surface area contributed by atoms with Gasteiger partial charge in [-0.15, -0.1) is 0 Å². The third-order valence-corrected chi connectivity index (χ3v) is 9.94. The SMILES string of the molecule is CN(CC(=O)N[C@@H](CC1CCCCC1)C(=O)C(=O)NCc1ccc2c(c1)OCO2)C(=O)[C@H](CCCN=C(N)N)NS(=O)(=O)Cc1ccccc1. The summed E-state index contributed by atoms with van der Waals surface area (Å²) in [5.41, 5.74) is 12.0. The highest BCUT2D eigenvalue weighted by Crippen LogP contribution is 2.32. The predicted molar refractivity (Wildman–Crippen MR) is 186 cm³/mol. The van der Waals surface area contributed by atoms with Crippen LogP contribution >= 0.6 is 0 Å². The number of benzene rings is 2. The van der Waals surface area contributed by atoms with Crippen molar-refractivity contribution in [1.29, 1.82) is 0 Å². The number of sulfonamides is 1. The van der Waals surface area contributed by atoms with Crippen LogP contribution in [0.5, 0.6) is 11.5 Å². The van der Waals surface area contributed by atoms with Crippen LogP contribution in [-0.2, 0) is 41.5 Å². The number of ether oxygens (including phenoxy) is 2. The highest BCUT2D eigenvalue weighted by atomic mass is 32.2. The van der Waals surface area contributed by atoms with Crippen LogP contribution in [0.4, 0.5) is 0 Å². The molecule has 1 fully saturated rings. The fourth-order valence-electron chi connectivity index (χ4n) is 6.05. The van der Waals surface area contributed by atoms with E-state index in [0.29, 0.717) is 22.6 Å². The van der Waals surface area contributed by atoms with E-state index in [1.165, 1.54) is 7.05 Å². The number of likely N-dealkylation sites (N-methyl/N-ethyl adjacent to an activating group) is 1. The second kappa shape index (κ2) is 18.3. The minimum Gasteiger partial charge on any atom is -0.454 e. The molecule has 0 radical (unpaired) electrons. The molecule has 16 heteroatoms. The highest BCUT2D eigenvalue weighted by molar-refractivity contribution is 7.88. The second-order valence-electron chi connectivity index (χ2n) is 12.7. The van der Waals surface area contributed by atoms with E-state index in [2.05, 4.69) is 20.3 Å². The summed E-state index contributed by atoms with van der Waals surface area (Å²) in [6.07, 6.45) is 5.46. The number of hydrogen-bond donors (Lipinski definition) is 5. The largest absolute Gasteiger partial charge is 0.454 e. The van der Waals surface area contributed by atoms with E-state index < -0.39 is 52.2 Å². The van der Waals surface area contributed by atoms with Gasteiger partial charge in [-0.3, -0.25) is 24.2 Å². The van der Waals surface area contributed by atoms with Crippen LogP contribution in [0, 0.1) is 5.92 Å². The summed E-state index contributed by atoms with van der Waals surface area (Å²) in [6.45, 7) is -0.139. The summed E-state index contributed by atoms with van der Waals surface area (Å²) < 4.78 is 39.3. The van der Waals surface area contributed by atoms with Gasteiger partial charge < -0.3 is 36.5 Å². The number of nitrogens with one attached hydrogen (secondary N) is 3. The average molecular weight is 714 g/mol. The molecule has 0 saturated heterocycles. The lowest BCUT2D eigenvalue weighted by Gasteiger charge is -2.28. The number of amides is 3. The zero-order valence-electron chi connectivity index (χ0n) is 28.3. The van der Waals surface area contributed by atoms with Gasteiger partial charge in [0.1, 0.15) is 6.04 Å². The normalized spacial score (nSPS) is 15.4. The molecule has 2 aromatic carbocycles. The number of guanidine groups is 1. The molecule has 2 aromatic rings. The van der Waals surface area contributed by atoms with Crippen LogP contribution in [0.25, 0.3) is 0 Å².